The Morgan fingerprint density at radius 2 is 1.92 bits per heavy atom. The van der Waals surface area contributed by atoms with Crippen molar-refractivity contribution in [3.8, 4) is 5.75 Å². The van der Waals surface area contributed by atoms with Gasteiger partial charge in [-0.05, 0) is 36.4 Å². The standard InChI is InChI=1S/C17H20N2O4S2/c1-23-15-6-3-2-5-14(15)17(20)19-10-8-13(9-11-19)18-25(21,22)16-7-4-12-24-16/h2-7,12-13,18H,8-11H2,1H3. The van der Waals surface area contributed by atoms with Crippen molar-refractivity contribution in [2.45, 2.75) is 23.1 Å². The minimum atomic E-state index is -3.47. The predicted molar refractivity (Wildman–Crippen MR) is 96.6 cm³/mol. The third-order valence-electron chi connectivity index (χ3n) is 4.20. The lowest BCUT2D eigenvalue weighted by Gasteiger charge is -2.32. The van der Waals surface area contributed by atoms with Crippen LogP contribution in [0.1, 0.15) is 23.2 Å². The number of likely N-dealkylation sites (tertiary alicyclic amines) is 1. The van der Waals surface area contributed by atoms with Gasteiger partial charge in [0.25, 0.3) is 5.91 Å². The number of methoxy groups -OCH3 is 1. The first kappa shape index (κ1) is 17.9. The number of ether oxygens (including phenoxy) is 1. The summed E-state index contributed by atoms with van der Waals surface area (Å²) in [5.41, 5.74) is 0.530. The van der Waals surface area contributed by atoms with Crippen LogP contribution in [0.25, 0.3) is 0 Å². The average Bonchev–Trinajstić information content (AvgIpc) is 3.17. The molecule has 0 aliphatic carbocycles. The van der Waals surface area contributed by atoms with E-state index in [1.54, 1.807) is 40.6 Å². The van der Waals surface area contributed by atoms with Crippen LogP contribution < -0.4 is 9.46 Å². The first-order chi connectivity index (χ1) is 12.0. The second-order valence-electron chi connectivity index (χ2n) is 5.82. The highest BCUT2D eigenvalue weighted by Crippen LogP contribution is 2.23. The normalized spacial score (nSPS) is 16.0. The van der Waals surface area contributed by atoms with E-state index in [0.29, 0.717) is 41.5 Å². The number of benzene rings is 1. The molecule has 1 aromatic carbocycles. The molecule has 3 rings (SSSR count). The maximum absolute atomic E-state index is 12.7. The number of nitrogens with zero attached hydrogens (tertiary/aromatic N) is 1. The highest BCUT2D eigenvalue weighted by atomic mass is 32.2. The smallest absolute Gasteiger partial charge is 0.257 e. The van der Waals surface area contributed by atoms with Gasteiger partial charge in [-0.1, -0.05) is 18.2 Å². The van der Waals surface area contributed by atoms with Crippen molar-refractivity contribution in [1.82, 2.24) is 9.62 Å². The molecule has 0 spiro atoms. The number of amides is 1. The second-order valence-corrected chi connectivity index (χ2v) is 8.71. The molecule has 134 valence electrons. The minimum absolute atomic E-state index is 0.0861. The number of piperidine rings is 1. The molecule has 6 nitrogen and oxygen atoms in total. The SMILES string of the molecule is COc1ccccc1C(=O)N1CCC(NS(=O)(=O)c2cccs2)CC1. The number of para-hydroxylation sites is 1. The fourth-order valence-corrected chi connectivity index (χ4v) is 5.20. The largest absolute Gasteiger partial charge is 0.496 e. The molecule has 1 aliphatic heterocycles. The Labute approximate surface area is 151 Å². The van der Waals surface area contributed by atoms with E-state index in [1.807, 2.05) is 6.07 Å². The zero-order valence-electron chi connectivity index (χ0n) is 13.8. The highest BCUT2D eigenvalue weighted by molar-refractivity contribution is 7.91. The van der Waals surface area contributed by atoms with Gasteiger partial charge in [-0.15, -0.1) is 11.3 Å². The predicted octanol–water partition coefficient (Wildman–Crippen LogP) is 2.34. The Kier molecular flexibility index (Phi) is 5.41. The molecule has 1 fully saturated rings. The molecular weight excluding hydrogens is 360 g/mol. The van der Waals surface area contributed by atoms with Gasteiger partial charge in [-0.2, -0.15) is 0 Å². The minimum Gasteiger partial charge on any atom is -0.496 e. The summed E-state index contributed by atoms with van der Waals surface area (Å²) in [5.74, 6) is 0.463. The fraction of sp³-hybridized carbons (Fsp3) is 0.353. The first-order valence-electron chi connectivity index (χ1n) is 7.99. The van der Waals surface area contributed by atoms with Gasteiger partial charge in [-0.3, -0.25) is 4.79 Å². The third kappa shape index (κ3) is 4.02. The molecule has 0 radical (unpaired) electrons. The van der Waals surface area contributed by atoms with Crippen LogP contribution in [0.4, 0.5) is 0 Å². The van der Waals surface area contributed by atoms with Crippen molar-refractivity contribution in [2.75, 3.05) is 20.2 Å². The molecular formula is C17H20N2O4S2. The number of hydrogen-bond donors (Lipinski definition) is 1. The molecule has 1 aliphatic rings. The lowest BCUT2D eigenvalue weighted by molar-refractivity contribution is 0.0708. The zero-order valence-corrected chi connectivity index (χ0v) is 15.5. The van der Waals surface area contributed by atoms with Gasteiger partial charge in [0.2, 0.25) is 10.0 Å². The van der Waals surface area contributed by atoms with E-state index in [4.69, 9.17) is 4.74 Å². The Hall–Kier alpha value is -1.90. The number of nitrogens with one attached hydrogen (secondary N) is 1. The number of rotatable bonds is 5. The lowest BCUT2D eigenvalue weighted by Crippen LogP contribution is -2.46. The quantitative estimate of drug-likeness (QED) is 0.864. The Bertz CT molecular complexity index is 826. The second kappa shape index (κ2) is 7.55. The summed E-state index contributed by atoms with van der Waals surface area (Å²) in [6.45, 7) is 1.02. The summed E-state index contributed by atoms with van der Waals surface area (Å²) in [4.78, 5) is 14.4. The van der Waals surface area contributed by atoms with Gasteiger partial charge in [0.1, 0.15) is 9.96 Å². The molecule has 1 N–H and O–H groups in total. The van der Waals surface area contributed by atoms with Gasteiger partial charge in [-0.25, -0.2) is 13.1 Å². The van der Waals surface area contributed by atoms with E-state index in [2.05, 4.69) is 4.72 Å². The van der Waals surface area contributed by atoms with E-state index in [9.17, 15) is 13.2 Å². The van der Waals surface area contributed by atoms with Crippen molar-refractivity contribution in [3.05, 3.63) is 47.3 Å². The third-order valence-corrected chi connectivity index (χ3v) is 7.12. The average molecular weight is 380 g/mol. The Morgan fingerprint density at radius 1 is 1.20 bits per heavy atom. The van der Waals surface area contributed by atoms with Gasteiger partial charge in [0.15, 0.2) is 0 Å². The van der Waals surface area contributed by atoms with Crippen molar-refractivity contribution >= 4 is 27.3 Å². The van der Waals surface area contributed by atoms with Crippen LogP contribution in [-0.4, -0.2) is 45.5 Å². The van der Waals surface area contributed by atoms with Crippen LogP contribution in [-0.2, 0) is 10.0 Å². The molecule has 0 saturated carbocycles. The highest BCUT2D eigenvalue weighted by Gasteiger charge is 2.28. The lowest BCUT2D eigenvalue weighted by atomic mass is 10.0. The summed E-state index contributed by atoms with van der Waals surface area (Å²) >= 11 is 1.20. The molecule has 8 heteroatoms. The molecule has 0 unspecified atom stereocenters. The van der Waals surface area contributed by atoms with E-state index in [1.165, 1.54) is 18.4 Å². The summed E-state index contributed by atoms with van der Waals surface area (Å²) in [7, 11) is -1.93. The number of carbonyl (C=O) groups excluding carboxylic acids is 1. The maximum Gasteiger partial charge on any atom is 0.257 e. The van der Waals surface area contributed by atoms with Gasteiger partial charge in [0.05, 0.1) is 12.7 Å². The van der Waals surface area contributed by atoms with Gasteiger partial charge < -0.3 is 9.64 Å². The van der Waals surface area contributed by atoms with E-state index < -0.39 is 10.0 Å². The summed E-state index contributed by atoms with van der Waals surface area (Å²) in [6, 6.07) is 10.3. The Morgan fingerprint density at radius 3 is 2.56 bits per heavy atom. The number of sulfonamides is 1. The van der Waals surface area contributed by atoms with Crippen molar-refractivity contribution in [2.24, 2.45) is 0 Å². The molecule has 25 heavy (non-hydrogen) atoms. The molecule has 0 bridgehead atoms. The van der Waals surface area contributed by atoms with Gasteiger partial charge in [0, 0.05) is 19.1 Å². The summed E-state index contributed by atoms with van der Waals surface area (Å²) in [5, 5.41) is 1.74. The number of hydrogen-bond acceptors (Lipinski definition) is 5. The van der Waals surface area contributed by atoms with Crippen molar-refractivity contribution in [1.29, 1.82) is 0 Å². The number of carbonyl (C=O) groups is 1. The molecule has 1 saturated heterocycles. The summed E-state index contributed by atoms with van der Waals surface area (Å²) in [6.07, 6.45) is 1.18. The topological polar surface area (TPSA) is 75.7 Å². The van der Waals surface area contributed by atoms with Crippen molar-refractivity contribution in [3.63, 3.8) is 0 Å². The molecule has 1 aromatic heterocycles. The van der Waals surface area contributed by atoms with Crippen molar-refractivity contribution < 1.29 is 17.9 Å². The van der Waals surface area contributed by atoms with Crippen LogP contribution in [0.2, 0.25) is 0 Å². The van der Waals surface area contributed by atoms with Crippen LogP contribution in [0.3, 0.4) is 0 Å². The first-order valence-corrected chi connectivity index (χ1v) is 10.4. The molecule has 1 amide bonds. The summed E-state index contributed by atoms with van der Waals surface area (Å²) < 4.78 is 32.9. The van der Waals surface area contributed by atoms with Crippen LogP contribution in [0.15, 0.2) is 46.0 Å². The van der Waals surface area contributed by atoms with Crippen LogP contribution in [0.5, 0.6) is 5.75 Å². The van der Waals surface area contributed by atoms with E-state index in [-0.39, 0.29) is 11.9 Å². The monoisotopic (exact) mass is 380 g/mol. The maximum atomic E-state index is 12.7. The molecule has 2 aromatic rings. The fourth-order valence-electron chi connectivity index (χ4n) is 2.89. The van der Waals surface area contributed by atoms with Crippen LogP contribution >= 0.6 is 11.3 Å². The van der Waals surface area contributed by atoms with Gasteiger partial charge >= 0.3 is 0 Å². The van der Waals surface area contributed by atoms with E-state index >= 15 is 0 Å². The molecule has 0 atom stereocenters. The zero-order chi connectivity index (χ0) is 17.9. The van der Waals surface area contributed by atoms with Crippen LogP contribution in [0, 0.1) is 0 Å². The van der Waals surface area contributed by atoms with E-state index in [0.717, 1.165) is 0 Å². The molecule has 2 heterocycles. The Balaban J connectivity index is 1.61. The number of thiophene rings is 1.